The second-order valence-corrected chi connectivity index (χ2v) is 7.33. The summed E-state index contributed by atoms with van der Waals surface area (Å²) in [6, 6.07) is 7.52. The maximum atomic E-state index is 12.1. The average molecular weight is 341 g/mol. The molecule has 6 nitrogen and oxygen atoms in total. The van der Waals surface area contributed by atoms with Gasteiger partial charge in [0.15, 0.2) is 6.61 Å². The van der Waals surface area contributed by atoms with E-state index in [4.69, 9.17) is 9.84 Å². The van der Waals surface area contributed by atoms with Crippen LogP contribution in [0.4, 0.5) is 0 Å². The van der Waals surface area contributed by atoms with Crippen LogP contribution in [0.1, 0.15) is 10.4 Å². The Labute approximate surface area is 132 Å². The summed E-state index contributed by atoms with van der Waals surface area (Å²) in [4.78, 5) is 11.4. The summed E-state index contributed by atoms with van der Waals surface area (Å²) in [5.41, 5.74) is 1.10. The number of ether oxygens (including phenoxy) is 1. The fourth-order valence-electron chi connectivity index (χ4n) is 1.69. The van der Waals surface area contributed by atoms with E-state index >= 15 is 0 Å². The van der Waals surface area contributed by atoms with Crippen LogP contribution in [0.2, 0.25) is 0 Å². The number of hydrogen-bond acceptors (Lipinski definition) is 5. The summed E-state index contributed by atoms with van der Waals surface area (Å²) in [6.45, 7) is 1.71. The van der Waals surface area contributed by atoms with Gasteiger partial charge < -0.3 is 9.84 Å². The van der Waals surface area contributed by atoms with Crippen LogP contribution in [-0.2, 0) is 21.4 Å². The van der Waals surface area contributed by atoms with E-state index in [1.54, 1.807) is 0 Å². The number of hydrogen-bond donors (Lipinski definition) is 2. The van der Waals surface area contributed by atoms with Crippen LogP contribution in [0.3, 0.4) is 0 Å². The lowest BCUT2D eigenvalue weighted by Gasteiger charge is -2.07. The van der Waals surface area contributed by atoms with Gasteiger partial charge in [0.2, 0.25) is 10.0 Å². The number of nitrogens with one attached hydrogen (secondary N) is 1. The summed E-state index contributed by atoms with van der Waals surface area (Å²) in [6.07, 6.45) is 0. The van der Waals surface area contributed by atoms with Crippen LogP contribution in [-0.4, -0.2) is 26.1 Å². The lowest BCUT2D eigenvalue weighted by molar-refractivity contribution is -0.139. The molecule has 1 aromatic heterocycles. The molecule has 2 aromatic rings. The first-order valence-electron chi connectivity index (χ1n) is 6.35. The van der Waals surface area contributed by atoms with Gasteiger partial charge in [-0.2, -0.15) is 0 Å². The number of thiophene rings is 1. The molecular weight excluding hydrogens is 326 g/mol. The van der Waals surface area contributed by atoms with E-state index < -0.39 is 22.6 Å². The zero-order valence-electron chi connectivity index (χ0n) is 11.8. The topological polar surface area (TPSA) is 92.7 Å². The van der Waals surface area contributed by atoms with Gasteiger partial charge in [0, 0.05) is 11.4 Å². The minimum absolute atomic E-state index is 0.100. The molecule has 8 heteroatoms. The standard InChI is InChI=1S/C14H15NO5S2/c1-10-6-12(21-9-10)7-15-22(18,19)13-4-2-11(3-5-13)20-8-14(16)17/h2-6,9,15H,7-8H2,1H3,(H,16,17). The van der Waals surface area contributed by atoms with Gasteiger partial charge in [0.25, 0.3) is 0 Å². The zero-order valence-corrected chi connectivity index (χ0v) is 13.4. The molecule has 0 bridgehead atoms. The summed E-state index contributed by atoms with van der Waals surface area (Å²) >= 11 is 1.49. The molecule has 0 unspecified atom stereocenters. The summed E-state index contributed by atoms with van der Waals surface area (Å²) in [5, 5.41) is 10.5. The van der Waals surface area contributed by atoms with Crippen LogP contribution in [0.25, 0.3) is 0 Å². The number of carboxylic acid groups (broad SMARTS) is 1. The number of sulfonamides is 1. The van der Waals surface area contributed by atoms with Crippen molar-refractivity contribution in [2.75, 3.05) is 6.61 Å². The van der Waals surface area contributed by atoms with E-state index in [0.717, 1.165) is 10.4 Å². The van der Waals surface area contributed by atoms with Crippen LogP contribution in [0.5, 0.6) is 5.75 Å². The Morgan fingerprint density at radius 3 is 2.55 bits per heavy atom. The first-order chi connectivity index (χ1) is 10.4. The van der Waals surface area contributed by atoms with Crippen molar-refractivity contribution >= 4 is 27.3 Å². The van der Waals surface area contributed by atoms with E-state index in [9.17, 15) is 13.2 Å². The predicted molar refractivity (Wildman–Crippen MR) is 82.7 cm³/mol. The van der Waals surface area contributed by atoms with Crippen LogP contribution in [0, 0.1) is 6.92 Å². The lowest BCUT2D eigenvalue weighted by Crippen LogP contribution is -2.22. The molecule has 2 N–H and O–H groups in total. The molecule has 1 aromatic carbocycles. The Hall–Kier alpha value is -1.90. The van der Waals surface area contributed by atoms with E-state index in [1.807, 2.05) is 18.4 Å². The van der Waals surface area contributed by atoms with Crippen LogP contribution < -0.4 is 9.46 Å². The van der Waals surface area contributed by atoms with Gasteiger partial charge in [-0.05, 0) is 48.2 Å². The predicted octanol–water partition coefficient (Wildman–Crippen LogP) is 2.00. The van der Waals surface area contributed by atoms with Gasteiger partial charge in [-0.15, -0.1) is 11.3 Å². The number of carboxylic acids is 1. The van der Waals surface area contributed by atoms with Gasteiger partial charge in [-0.3, -0.25) is 0 Å². The lowest BCUT2D eigenvalue weighted by atomic mass is 10.3. The maximum Gasteiger partial charge on any atom is 0.341 e. The molecule has 0 spiro atoms. The molecule has 22 heavy (non-hydrogen) atoms. The van der Waals surface area contributed by atoms with Crippen molar-refractivity contribution in [3.05, 3.63) is 46.2 Å². The molecule has 2 rings (SSSR count). The third kappa shape index (κ3) is 4.55. The highest BCUT2D eigenvalue weighted by Crippen LogP contribution is 2.18. The first kappa shape index (κ1) is 16.5. The van der Waals surface area contributed by atoms with Crippen molar-refractivity contribution < 1.29 is 23.1 Å². The summed E-state index contributed by atoms with van der Waals surface area (Å²) in [5.74, 6) is -0.792. The highest BCUT2D eigenvalue weighted by molar-refractivity contribution is 7.89. The number of benzene rings is 1. The second kappa shape index (κ2) is 6.91. The number of carbonyl (C=O) groups is 1. The second-order valence-electron chi connectivity index (χ2n) is 4.57. The van der Waals surface area contributed by atoms with Gasteiger partial charge in [-0.25, -0.2) is 17.9 Å². The first-order valence-corrected chi connectivity index (χ1v) is 8.71. The van der Waals surface area contributed by atoms with Crippen molar-refractivity contribution in [1.82, 2.24) is 4.72 Å². The van der Waals surface area contributed by atoms with Gasteiger partial charge in [-0.1, -0.05) is 0 Å². The molecule has 0 aliphatic rings. The van der Waals surface area contributed by atoms with E-state index in [1.165, 1.54) is 35.6 Å². The zero-order chi connectivity index (χ0) is 16.2. The van der Waals surface area contributed by atoms with Crippen molar-refractivity contribution in [2.45, 2.75) is 18.4 Å². The molecule has 0 aliphatic heterocycles. The van der Waals surface area contributed by atoms with E-state index in [0.29, 0.717) is 5.75 Å². The average Bonchev–Trinajstić information content (AvgIpc) is 2.89. The fourth-order valence-corrected chi connectivity index (χ4v) is 3.61. The minimum Gasteiger partial charge on any atom is -0.482 e. The molecule has 1 heterocycles. The molecule has 0 radical (unpaired) electrons. The number of aryl methyl sites for hydroxylation is 1. The Kier molecular flexibility index (Phi) is 5.17. The number of aliphatic carboxylic acids is 1. The molecule has 0 saturated heterocycles. The van der Waals surface area contributed by atoms with Gasteiger partial charge in [0.1, 0.15) is 5.75 Å². The summed E-state index contributed by atoms with van der Waals surface area (Å²) < 4.78 is 31.8. The Bertz CT molecular complexity index is 750. The SMILES string of the molecule is Cc1csc(CNS(=O)(=O)c2ccc(OCC(=O)O)cc2)c1. The Balaban J connectivity index is 2.01. The Morgan fingerprint density at radius 1 is 1.32 bits per heavy atom. The molecule has 0 saturated carbocycles. The molecule has 0 atom stereocenters. The summed E-state index contributed by atoms with van der Waals surface area (Å²) in [7, 11) is -3.61. The minimum atomic E-state index is -3.61. The quantitative estimate of drug-likeness (QED) is 0.803. The Morgan fingerprint density at radius 2 is 2.00 bits per heavy atom. The molecular formula is C14H15NO5S2. The van der Waals surface area contributed by atoms with Crippen LogP contribution in [0.15, 0.2) is 40.6 Å². The largest absolute Gasteiger partial charge is 0.482 e. The molecule has 0 aliphatic carbocycles. The van der Waals surface area contributed by atoms with Gasteiger partial charge in [0.05, 0.1) is 4.90 Å². The third-order valence-electron chi connectivity index (χ3n) is 2.72. The molecule has 118 valence electrons. The monoisotopic (exact) mass is 341 g/mol. The molecule has 0 amide bonds. The fraction of sp³-hybridized carbons (Fsp3) is 0.214. The third-order valence-corrected chi connectivity index (χ3v) is 5.19. The highest BCUT2D eigenvalue weighted by atomic mass is 32.2. The van der Waals surface area contributed by atoms with Crippen molar-refractivity contribution in [3.8, 4) is 5.75 Å². The van der Waals surface area contributed by atoms with Crippen molar-refractivity contribution in [1.29, 1.82) is 0 Å². The normalized spacial score (nSPS) is 11.3. The maximum absolute atomic E-state index is 12.1. The van der Waals surface area contributed by atoms with Crippen molar-refractivity contribution in [2.24, 2.45) is 0 Å². The number of rotatable bonds is 7. The smallest absolute Gasteiger partial charge is 0.341 e. The van der Waals surface area contributed by atoms with E-state index in [2.05, 4.69) is 4.72 Å². The van der Waals surface area contributed by atoms with Gasteiger partial charge >= 0.3 is 5.97 Å². The molecule has 0 fully saturated rings. The highest BCUT2D eigenvalue weighted by Gasteiger charge is 2.14. The van der Waals surface area contributed by atoms with Crippen molar-refractivity contribution in [3.63, 3.8) is 0 Å². The van der Waals surface area contributed by atoms with E-state index in [-0.39, 0.29) is 11.4 Å². The van der Waals surface area contributed by atoms with Crippen LogP contribution >= 0.6 is 11.3 Å².